The summed E-state index contributed by atoms with van der Waals surface area (Å²) >= 11 is 0. The van der Waals surface area contributed by atoms with Crippen LogP contribution in [0.3, 0.4) is 0 Å². The van der Waals surface area contributed by atoms with Gasteiger partial charge in [-0.15, -0.1) is 0 Å². The minimum Gasteiger partial charge on any atom is -0.447 e. The molecule has 1 aromatic carbocycles. The molecular weight excluding hydrogens is 520 g/mol. The predicted octanol–water partition coefficient (Wildman–Crippen LogP) is 3.05. The van der Waals surface area contributed by atoms with Gasteiger partial charge in [0.25, 0.3) is 5.91 Å². The SMILES string of the molecule is C=CC(=O)N1CCN(c2nc(OCN3CCCC3C)nc3c2CN(C(=O)c2cccc4cc[nH]c24)C3)C[C@@H]1CC#N. The van der Waals surface area contributed by atoms with Crippen LogP contribution >= 0.6 is 0 Å². The van der Waals surface area contributed by atoms with E-state index in [1.165, 1.54) is 6.08 Å². The van der Waals surface area contributed by atoms with Crippen LogP contribution in [0, 0.1) is 11.3 Å². The van der Waals surface area contributed by atoms with Crippen molar-refractivity contribution in [2.45, 2.75) is 51.4 Å². The zero-order chi connectivity index (χ0) is 28.5. The Morgan fingerprint density at radius 2 is 2.10 bits per heavy atom. The van der Waals surface area contributed by atoms with E-state index in [2.05, 4.69) is 34.4 Å². The highest BCUT2D eigenvalue weighted by Gasteiger charge is 2.36. The zero-order valence-electron chi connectivity index (χ0n) is 23.3. The van der Waals surface area contributed by atoms with Crippen molar-refractivity contribution in [2.24, 2.45) is 0 Å². The van der Waals surface area contributed by atoms with Gasteiger partial charge in [-0.05, 0) is 38.0 Å². The number of nitriles is 1. The van der Waals surface area contributed by atoms with E-state index in [1.807, 2.05) is 30.5 Å². The van der Waals surface area contributed by atoms with E-state index < -0.39 is 0 Å². The van der Waals surface area contributed by atoms with Gasteiger partial charge in [0, 0.05) is 49.4 Å². The maximum atomic E-state index is 13.7. The molecular formula is C30H34N8O3. The van der Waals surface area contributed by atoms with E-state index in [0.717, 1.165) is 41.5 Å². The third-order valence-corrected chi connectivity index (χ3v) is 8.46. The number of hydrogen-bond acceptors (Lipinski definition) is 8. The molecule has 11 heteroatoms. The second-order valence-corrected chi connectivity index (χ2v) is 10.9. The number of aromatic amines is 1. The lowest BCUT2D eigenvalue weighted by molar-refractivity contribution is -0.128. The van der Waals surface area contributed by atoms with Crippen LogP contribution in [0.2, 0.25) is 0 Å². The van der Waals surface area contributed by atoms with E-state index in [-0.39, 0.29) is 30.3 Å². The summed E-state index contributed by atoms with van der Waals surface area (Å²) in [5.41, 5.74) is 3.05. The van der Waals surface area contributed by atoms with Gasteiger partial charge in [-0.25, -0.2) is 0 Å². The number of benzene rings is 1. The quantitative estimate of drug-likeness (QED) is 0.443. The molecule has 212 valence electrons. The molecule has 5 heterocycles. The fourth-order valence-electron chi connectivity index (χ4n) is 6.18. The van der Waals surface area contributed by atoms with Crippen LogP contribution in [0.15, 0.2) is 43.1 Å². The maximum Gasteiger partial charge on any atom is 0.320 e. The molecule has 1 unspecified atom stereocenters. The van der Waals surface area contributed by atoms with Crippen LogP contribution < -0.4 is 9.64 Å². The van der Waals surface area contributed by atoms with Crippen molar-refractivity contribution in [3.8, 4) is 12.1 Å². The van der Waals surface area contributed by atoms with Gasteiger partial charge in [-0.1, -0.05) is 18.7 Å². The third kappa shape index (κ3) is 5.11. The standard InChI is InChI=1S/C30H34N8O3/c1-3-26(39)38-15-14-35(16-22(38)9-11-31)28-24-17-37(29(40)23-8-4-7-21-10-12-32-27(21)23)18-25(24)33-30(34-28)41-19-36-13-5-6-20(36)2/h3-4,7-8,10,12,20,22,32H,1,5-6,9,13-19H2,2H3/t20?,22-/m0/s1. The summed E-state index contributed by atoms with van der Waals surface area (Å²) in [6, 6.07) is 10.3. The number of piperazine rings is 1. The summed E-state index contributed by atoms with van der Waals surface area (Å²) in [5, 5.41) is 10.5. The minimum absolute atomic E-state index is 0.0842. The molecule has 2 atom stereocenters. The van der Waals surface area contributed by atoms with E-state index in [4.69, 9.17) is 14.7 Å². The van der Waals surface area contributed by atoms with Crippen LogP contribution in [0.1, 0.15) is 47.8 Å². The molecule has 2 fully saturated rings. The van der Waals surface area contributed by atoms with Gasteiger partial charge in [0.1, 0.15) is 12.5 Å². The highest BCUT2D eigenvalue weighted by molar-refractivity contribution is 6.05. The number of rotatable bonds is 7. The number of anilines is 1. The fourth-order valence-corrected chi connectivity index (χ4v) is 6.18. The second kappa shape index (κ2) is 11.2. The Balaban J connectivity index is 1.30. The first-order chi connectivity index (χ1) is 20.0. The first-order valence-electron chi connectivity index (χ1n) is 14.1. The fraction of sp³-hybridized carbons (Fsp3) is 0.433. The van der Waals surface area contributed by atoms with Crippen LogP contribution in [0.25, 0.3) is 10.9 Å². The molecule has 0 saturated carbocycles. The average Bonchev–Trinajstić information content (AvgIpc) is 3.74. The Morgan fingerprint density at radius 1 is 1.22 bits per heavy atom. The smallest absolute Gasteiger partial charge is 0.320 e. The Labute approximate surface area is 239 Å². The lowest BCUT2D eigenvalue weighted by Crippen LogP contribution is -2.55. The highest BCUT2D eigenvalue weighted by atomic mass is 16.5. The molecule has 3 aliphatic heterocycles. The highest BCUT2D eigenvalue weighted by Crippen LogP contribution is 2.34. The molecule has 0 spiro atoms. The number of carbonyl (C=O) groups is 2. The molecule has 1 N–H and O–H groups in total. The van der Waals surface area contributed by atoms with Crippen molar-refractivity contribution < 1.29 is 14.3 Å². The average molecular weight is 555 g/mol. The number of carbonyl (C=O) groups excluding carboxylic acids is 2. The number of fused-ring (bicyclic) bond motifs is 2. The number of nitrogens with one attached hydrogen (secondary N) is 1. The molecule has 0 radical (unpaired) electrons. The van der Waals surface area contributed by atoms with Crippen molar-refractivity contribution in [2.75, 3.05) is 37.8 Å². The van der Waals surface area contributed by atoms with Crippen molar-refractivity contribution in [3.63, 3.8) is 0 Å². The summed E-state index contributed by atoms with van der Waals surface area (Å²) in [7, 11) is 0. The van der Waals surface area contributed by atoms with E-state index in [9.17, 15) is 14.9 Å². The van der Waals surface area contributed by atoms with Gasteiger partial charge < -0.3 is 24.4 Å². The number of nitrogens with zero attached hydrogens (tertiary/aromatic N) is 7. The van der Waals surface area contributed by atoms with Crippen LogP contribution in [0.5, 0.6) is 6.01 Å². The minimum atomic E-state index is -0.302. The van der Waals surface area contributed by atoms with Gasteiger partial charge in [-0.3, -0.25) is 14.5 Å². The van der Waals surface area contributed by atoms with Gasteiger partial charge in [-0.2, -0.15) is 15.2 Å². The Morgan fingerprint density at radius 3 is 2.88 bits per heavy atom. The molecule has 2 saturated heterocycles. The van der Waals surface area contributed by atoms with E-state index in [1.54, 1.807) is 9.80 Å². The Kier molecular flexibility index (Phi) is 7.32. The number of likely N-dealkylation sites (tertiary alicyclic amines) is 1. The molecule has 2 aromatic heterocycles. The van der Waals surface area contributed by atoms with E-state index in [0.29, 0.717) is 56.9 Å². The van der Waals surface area contributed by atoms with Crippen LogP contribution in [-0.4, -0.2) is 86.5 Å². The predicted molar refractivity (Wildman–Crippen MR) is 153 cm³/mol. The summed E-state index contributed by atoms with van der Waals surface area (Å²) in [6.45, 7) is 9.30. The van der Waals surface area contributed by atoms with Crippen molar-refractivity contribution >= 4 is 28.5 Å². The number of H-pyrrole nitrogens is 1. The molecule has 3 aromatic rings. The summed E-state index contributed by atoms with van der Waals surface area (Å²) < 4.78 is 6.13. The topological polar surface area (TPSA) is 122 Å². The summed E-state index contributed by atoms with van der Waals surface area (Å²) in [5.74, 6) is 0.428. The maximum absolute atomic E-state index is 13.7. The number of amides is 2. The van der Waals surface area contributed by atoms with E-state index >= 15 is 0 Å². The summed E-state index contributed by atoms with van der Waals surface area (Å²) in [4.78, 5) is 46.9. The Hall–Kier alpha value is -4.43. The lowest BCUT2D eigenvalue weighted by atomic mass is 10.1. The summed E-state index contributed by atoms with van der Waals surface area (Å²) in [6.07, 6.45) is 5.60. The number of para-hydroxylation sites is 1. The third-order valence-electron chi connectivity index (χ3n) is 8.46. The number of aromatic nitrogens is 3. The first-order valence-corrected chi connectivity index (χ1v) is 14.1. The van der Waals surface area contributed by atoms with Crippen molar-refractivity contribution in [3.05, 3.63) is 59.9 Å². The van der Waals surface area contributed by atoms with Gasteiger partial charge in [0.15, 0.2) is 0 Å². The normalized spacial score (nSPS) is 20.7. The van der Waals surface area contributed by atoms with Crippen LogP contribution in [0.4, 0.5) is 5.82 Å². The van der Waals surface area contributed by atoms with Crippen molar-refractivity contribution in [1.82, 2.24) is 29.7 Å². The zero-order valence-corrected chi connectivity index (χ0v) is 23.3. The molecule has 41 heavy (non-hydrogen) atoms. The molecule has 6 rings (SSSR count). The van der Waals surface area contributed by atoms with Gasteiger partial charge >= 0.3 is 6.01 Å². The molecule has 0 bridgehead atoms. The largest absolute Gasteiger partial charge is 0.447 e. The van der Waals surface area contributed by atoms with Gasteiger partial charge in [0.05, 0.1) is 48.4 Å². The second-order valence-electron chi connectivity index (χ2n) is 10.9. The van der Waals surface area contributed by atoms with Crippen molar-refractivity contribution in [1.29, 1.82) is 5.26 Å². The molecule has 2 amide bonds. The van der Waals surface area contributed by atoms with Gasteiger partial charge in [0.2, 0.25) is 5.91 Å². The number of hydrogen-bond donors (Lipinski definition) is 1. The lowest BCUT2D eigenvalue weighted by Gasteiger charge is -2.41. The molecule has 11 nitrogen and oxygen atoms in total. The monoisotopic (exact) mass is 554 g/mol. The van der Waals surface area contributed by atoms with Crippen LogP contribution in [-0.2, 0) is 17.9 Å². The Bertz CT molecular complexity index is 1530. The first kappa shape index (κ1) is 26.8. The molecule has 0 aliphatic carbocycles. The molecule has 3 aliphatic rings. The number of ether oxygens (including phenoxy) is 1.